The van der Waals surface area contributed by atoms with E-state index in [2.05, 4.69) is 0 Å². The smallest absolute Gasteiger partial charge is 0.325 e. The molecule has 0 aliphatic rings. The summed E-state index contributed by atoms with van der Waals surface area (Å²) in [6, 6.07) is 0. The molecular weight excluding hydrogens is 164 g/mol. The highest BCUT2D eigenvalue weighted by Gasteiger charge is 2.32. The topological polar surface area (TPSA) is 127 Å². The van der Waals surface area contributed by atoms with Crippen LogP contribution in [0.25, 0.3) is 0 Å². The van der Waals surface area contributed by atoms with Crippen molar-refractivity contribution in [2.75, 3.05) is 6.54 Å². The van der Waals surface area contributed by atoms with Crippen molar-refractivity contribution in [2.24, 2.45) is 11.5 Å². The van der Waals surface area contributed by atoms with E-state index in [1.165, 1.54) is 0 Å². The average molecular weight is 176 g/mol. The van der Waals surface area contributed by atoms with Gasteiger partial charge in [0.2, 0.25) is 0 Å². The Morgan fingerprint density at radius 3 is 2.08 bits per heavy atom. The standard InChI is InChI=1S/C6H12N2O4/c7-3-6(8,5(11)12)2-1-4(9)10/h1-3,7-8H2,(H,9,10)(H,11,12)/t6-/m1/s1. The number of nitrogens with two attached hydrogens (primary N) is 2. The lowest BCUT2D eigenvalue weighted by Crippen LogP contribution is -2.54. The van der Waals surface area contributed by atoms with Crippen molar-refractivity contribution in [1.82, 2.24) is 0 Å². The van der Waals surface area contributed by atoms with Crippen molar-refractivity contribution in [3.63, 3.8) is 0 Å². The molecule has 0 bridgehead atoms. The van der Waals surface area contributed by atoms with Gasteiger partial charge in [-0.25, -0.2) is 0 Å². The van der Waals surface area contributed by atoms with Gasteiger partial charge in [0.05, 0.1) is 0 Å². The number of carboxylic acid groups (broad SMARTS) is 2. The Kier molecular flexibility index (Phi) is 3.65. The van der Waals surface area contributed by atoms with Gasteiger partial charge in [-0.3, -0.25) is 9.59 Å². The zero-order valence-corrected chi connectivity index (χ0v) is 6.49. The minimum Gasteiger partial charge on any atom is -0.481 e. The highest BCUT2D eigenvalue weighted by molar-refractivity contribution is 5.79. The van der Waals surface area contributed by atoms with E-state index in [0.717, 1.165) is 0 Å². The third-order valence-corrected chi connectivity index (χ3v) is 1.58. The predicted octanol–water partition coefficient (Wildman–Crippen LogP) is -1.41. The first kappa shape index (κ1) is 10.9. The summed E-state index contributed by atoms with van der Waals surface area (Å²) in [4.78, 5) is 20.6. The molecule has 1 atom stereocenters. The quantitative estimate of drug-likeness (QED) is 0.407. The first-order valence-electron chi connectivity index (χ1n) is 3.36. The second-order valence-corrected chi connectivity index (χ2v) is 2.56. The molecule has 0 aromatic carbocycles. The van der Waals surface area contributed by atoms with E-state index in [1.807, 2.05) is 0 Å². The third-order valence-electron chi connectivity index (χ3n) is 1.58. The van der Waals surface area contributed by atoms with E-state index in [-0.39, 0.29) is 19.4 Å². The molecule has 0 amide bonds. The minimum absolute atomic E-state index is 0.159. The van der Waals surface area contributed by atoms with Crippen molar-refractivity contribution < 1.29 is 19.8 Å². The van der Waals surface area contributed by atoms with Gasteiger partial charge in [-0.15, -0.1) is 0 Å². The van der Waals surface area contributed by atoms with Gasteiger partial charge in [-0.05, 0) is 6.42 Å². The van der Waals surface area contributed by atoms with E-state index in [9.17, 15) is 9.59 Å². The van der Waals surface area contributed by atoms with Crippen LogP contribution in [0.1, 0.15) is 12.8 Å². The van der Waals surface area contributed by atoms with Gasteiger partial charge in [0.15, 0.2) is 0 Å². The molecule has 0 radical (unpaired) electrons. The van der Waals surface area contributed by atoms with Gasteiger partial charge in [-0.1, -0.05) is 0 Å². The Hall–Kier alpha value is -1.14. The Morgan fingerprint density at radius 2 is 1.83 bits per heavy atom. The van der Waals surface area contributed by atoms with E-state index in [4.69, 9.17) is 21.7 Å². The van der Waals surface area contributed by atoms with Crippen LogP contribution in [0.3, 0.4) is 0 Å². The SMILES string of the molecule is NC[C@](N)(CCC(=O)O)C(=O)O. The van der Waals surface area contributed by atoms with E-state index in [1.54, 1.807) is 0 Å². The van der Waals surface area contributed by atoms with Crippen molar-refractivity contribution >= 4 is 11.9 Å². The van der Waals surface area contributed by atoms with Gasteiger partial charge in [0.25, 0.3) is 0 Å². The van der Waals surface area contributed by atoms with E-state index in [0.29, 0.717) is 0 Å². The van der Waals surface area contributed by atoms with Gasteiger partial charge < -0.3 is 21.7 Å². The molecule has 6 N–H and O–H groups in total. The fourth-order valence-corrected chi connectivity index (χ4v) is 0.626. The molecule has 0 aliphatic heterocycles. The fourth-order valence-electron chi connectivity index (χ4n) is 0.626. The maximum absolute atomic E-state index is 10.5. The van der Waals surface area contributed by atoms with Crippen LogP contribution in [0.4, 0.5) is 0 Å². The number of aliphatic carboxylic acids is 2. The normalized spacial score (nSPS) is 15.2. The lowest BCUT2D eigenvalue weighted by molar-refractivity contribution is -0.144. The summed E-state index contributed by atoms with van der Waals surface area (Å²) in [5.74, 6) is -2.36. The zero-order chi connectivity index (χ0) is 9.78. The average Bonchev–Trinajstić information content (AvgIpc) is 1.99. The predicted molar refractivity (Wildman–Crippen MR) is 40.5 cm³/mol. The highest BCUT2D eigenvalue weighted by atomic mass is 16.4. The molecule has 0 aromatic rings. The lowest BCUT2D eigenvalue weighted by atomic mass is 9.95. The first-order chi connectivity index (χ1) is 5.42. The largest absolute Gasteiger partial charge is 0.481 e. The van der Waals surface area contributed by atoms with Crippen LogP contribution in [0.5, 0.6) is 0 Å². The maximum atomic E-state index is 10.5. The molecule has 0 aliphatic carbocycles. The maximum Gasteiger partial charge on any atom is 0.325 e. The summed E-state index contributed by atoms with van der Waals surface area (Å²) in [6.45, 7) is -0.268. The van der Waals surface area contributed by atoms with E-state index < -0.39 is 17.5 Å². The van der Waals surface area contributed by atoms with Crippen LogP contribution >= 0.6 is 0 Å². The van der Waals surface area contributed by atoms with Gasteiger partial charge >= 0.3 is 11.9 Å². The molecule has 12 heavy (non-hydrogen) atoms. The van der Waals surface area contributed by atoms with Gasteiger partial charge in [0.1, 0.15) is 5.54 Å². The number of rotatable bonds is 5. The van der Waals surface area contributed by atoms with Crippen LogP contribution in [-0.4, -0.2) is 34.2 Å². The fraction of sp³-hybridized carbons (Fsp3) is 0.667. The molecule has 0 saturated heterocycles. The number of carboxylic acids is 2. The van der Waals surface area contributed by atoms with Crippen LogP contribution in [-0.2, 0) is 9.59 Å². The Bertz CT molecular complexity index is 194. The Balaban J connectivity index is 4.15. The molecule has 6 nitrogen and oxygen atoms in total. The van der Waals surface area contributed by atoms with Crippen LogP contribution in [0, 0.1) is 0 Å². The molecular formula is C6H12N2O4. The summed E-state index contributed by atoms with van der Waals surface area (Å²) in [6.07, 6.45) is -0.450. The van der Waals surface area contributed by atoms with Gasteiger partial charge in [-0.2, -0.15) is 0 Å². The molecule has 0 fully saturated rings. The Labute approximate surface area is 69.2 Å². The van der Waals surface area contributed by atoms with Crippen molar-refractivity contribution in [2.45, 2.75) is 18.4 Å². The zero-order valence-electron chi connectivity index (χ0n) is 6.49. The highest BCUT2D eigenvalue weighted by Crippen LogP contribution is 2.07. The molecule has 6 heteroatoms. The first-order valence-corrected chi connectivity index (χ1v) is 3.36. The second kappa shape index (κ2) is 4.03. The number of hydrogen-bond donors (Lipinski definition) is 4. The molecule has 70 valence electrons. The number of hydrogen-bond acceptors (Lipinski definition) is 4. The monoisotopic (exact) mass is 176 g/mol. The summed E-state index contributed by atoms with van der Waals surface area (Å²) in [5, 5.41) is 16.8. The Morgan fingerprint density at radius 1 is 1.33 bits per heavy atom. The summed E-state index contributed by atoms with van der Waals surface area (Å²) in [7, 11) is 0. The summed E-state index contributed by atoms with van der Waals surface area (Å²) >= 11 is 0. The van der Waals surface area contributed by atoms with Crippen molar-refractivity contribution in [3.8, 4) is 0 Å². The van der Waals surface area contributed by atoms with Crippen molar-refractivity contribution in [3.05, 3.63) is 0 Å². The second-order valence-electron chi connectivity index (χ2n) is 2.56. The van der Waals surface area contributed by atoms with E-state index >= 15 is 0 Å². The summed E-state index contributed by atoms with van der Waals surface area (Å²) < 4.78 is 0. The van der Waals surface area contributed by atoms with Gasteiger partial charge in [0, 0.05) is 13.0 Å². The van der Waals surface area contributed by atoms with Crippen LogP contribution in [0.2, 0.25) is 0 Å². The third kappa shape index (κ3) is 2.85. The van der Waals surface area contributed by atoms with Crippen LogP contribution in [0.15, 0.2) is 0 Å². The molecule has 0 unspecified atom stereocenters. The molecule has 0 rings (SSSR count). The molecule has 0 heterocycles. The lowest BCUT2D eigenvalue weighted by Gasteiger charge is -2.21. The number of carbonyl (C=O) groups is 2. The van der Waals surface area contributed by atoms with Crippen molar-refractivity contribution in [1.29, 1.82) is 0 Å². The summed E-state index contributed by atoms with van der Waals surface area (Å²) in [5.41, 5.74) is 8.78. The minimum atomic E-state index is -1.61. The molecule has 0 spiro atoms. The molecule has 0 aromatic heterocycles. The van der Waals surface area contributed by atoms with Crippen LogP contribution < -0.4 is 11.5 Å². The molecule has 0 saturated carbocycles.